The smallest absolute Gasteiger partial charge is 0.333 e. The van der Waals surface area contributed by atoms with E-state index in [-0.39, 0.29) is 5.56 Å². The Morgan fingerprint density at radius 1 is 1.36 bits per heavy atom. The van der Waals surface area contributed by atoms with Crippen LogP contribution in [0.5, 0.6) is 0 Å². The lowest BCUT2D eigenvalue weighted by Crippen LogP contribution is -2.47. The molecule has 1 heterocycles. The lowest BCUT2D eigenvalue weighted by atomic mass is 10.0. The summed E-state index contributed by atoms with van der Waals surface area (Å²) in [5.74, 6) is 0.179. The molecule has 0 spiro atoms. The molecule has 2 rings (SSSR count). The van der Waals surface area contributed by atoms with Crippen LogP contribution in [0.25, 0.3) is 5.57 Å². The van der Waals surface area contributed by atoms with Crippen LogP contribution in [-0.4, -0.2) is 29.1 Å². The van der Waals surface area contributed by atoms with Gasteiger partial charge in [-0.25, -0.2) is 0 Å². The summed E-state index contributed by atoms with van der Waals surface area (Å²) in [6.07, 6.45) is -3.69. The number of hydrogen-bond donors (Lipinski definition) is 1. The van der Waals surface area contributed by atoms with E-state index in [0.29, 0.717) is 24.0 Å². The van der Waals surface area contributed by atoms with E-state index in [1.54, 1.807) is 6.07 Å². The maximum absolute atomic E-state index is 13.1. The van der Waals surface area contributed by atoms with Gasteiger partial charge in [0.05, 0.1) is 11.6 Å². The summed E-state index contributed by atoms with van der Waals surface area (Å²) in [5.41, 5.74) is -2.19. The fourth-order valence-corrected chi connectivity index (χ4v) is 3.40. The quantitative estimate of drug-likeness (QED) is 0.868. The molecule has 0 aromatic heterocycles. The Balaban J connectivity index is 2.27. The molecule has 1 aliphatic heterocycles. The minimum Gasteiger partial charge on any atom is -0.333 e. The number of halogens is 3. The second kappa shape index (κ2) is 6.44. The van der Waals surface area contributed by atoms with Crippen molar-refractivity contribution in [3.05, 3.63) is 42.0 Å². The van der Waals surface area contributed by atoms with Crippen molar-refractivity contribution in [3.8, 4) is 6.07 Å². The van der Waals surface area contributed by atoms with Crippen LogP contribution in [0.3, 0.4) is 0 Å². The van der Waals surface area contributed by atoms with Crippen LogP contribution < -0.4 is 5.32 Å². The largest absolute Gasteiger partial charge is 0.417 e. The van der Waals surface area contributed by atoms with Gasteiger partial charge in [0, 0.05) is 11.8 Å². The molecule has 1 saturated heterocycles. The lowest BCUT2D eigenvalue weighted by molar-refractivity contribution is -0.118. The first-order valence-corrected chi connectivity index (χ1v) is 7.67. The number of alkyl halides is 3. The highest BCUT2D eigenvalue weighted by Gasteiger charge is 2.38. The van der Waals surface area contributed by atoms with Gasteiger partial charge < -0.3 is 5.32 Å². The molecule has 1 fully saturated rings. The summed E-state index contributed by atoms with van der Waals surface area (Å²) >= 11 is 1.49. The Hall–Kier alpha value is -1.94. The Bertz CT molecular complexity index is 614. The highest BCUT2D eigenvalue weighted by atomic mass is 32.2. The zero-order valence-electron chi connectivity index (χ0n) is 11.5. The summed E-state index contributed by atoms with van der Waals surface area (Å²) in [7, 11) is 0. The third kappa shape index (κ3) is 3.83. The number of nitrogens with one attached hydrogen (secondary N) is 1. The van der Waals surface area contributed by atoms with E-state index in [0.717, 1.165) is 0 Å². The van der Waals surface area contributed by atoms with Gasteiger partial charge in [0.1, 0.15) is 5.54 Å². The Morgan fingerprint density at radius 2 is 2.05 bits per heavy atom. The molecule has 1 N–H and O–H groups in total. The van der Waals surface area contributed by atoms with Crippen LogP contribution in [0, 0.1) is 11.3 Å². The first-order valence-electron chi connectivity index (χ1n) is 6.52. The van der Waals surface area contributed by atoms with Gasteiger partial charge in [-0.3, -0.25) is 4.79 Å². The summed E-state index contributed by atoms with van der Waals surface area (Å²) in [5, 5.41) is 11.6. The highest BCUT2D eigenvalue weighted by molar-refractivity contribution is 7.99. The molecule has 7 heteroatoms. The summed E-state index contributed by atoms with van der Waals surface area (Å²) in [6, 6.07) is 9.11. The number of allylic oxidation sites excluding steroid dienone is 1. The number of amides is 1. The predicted octanol–water partition coefficient (Wildman–Crippen LogP) is 3.15. The molecule has 1 aromatic carbocycles. The second-order valence-electron chi connectivity index (χ2n) is 4.91. The van der Waals surface area contributed by atoms with Crippen LogP contribution in [0.1, 0.15) is 12.0 Å². The second-order valence-corrected chi connectivity index (χ2v) is 6.01. The average molecular weight is 326 g/mol. The highest BCUT2D eigenvalue weighted by Crippen LogP contribution is 2.34. The number of nitrogens with zero attached hydrogens (tertiary/aromatic N) is 1. The predicted molar refractivity (Wildman–Crippen MR) is 78.9 cm³/mol. The van der Waals surface area contributed by atoms with Crippen molar-refractivity contribution in [3.63, 3.8) is 0 Å². The summed E-state index contributed by atoms with van der Waals surface area (Å²) in [4.78, 5) is 11.9. The topological polar surface area (TPSA) is 52.9 Å². The molecule has 0 unspecified atom stereocenters. The third-order valence-electron chi connectivity index (χ3n) is 3.26. The molecule has 1 amide bonds. The normalized spacial score (nSPS) is 22.2. The third-order valence-corrected chi connectivity index (χ3v) is 4.45. The average Bonchev–Trinajstić information content (AvgIpc) is 2.93. The van der Waals surface area contributed by atoms with Crippen molar-refractivity contribution in [2.45, 2.75) is 18.1 Å². The van der Waals surface area contributed by atoms with Gasteiger partial charge in [0.15, 0.2) is 0 Å². The fourth-order valence-electron chi connectivity index (χ4n) is 2.13. The van der Waals surface area contributed by atoms with Crippen molar-refractivity contribution in [2.75, 3.05) is 11.5 Å². The number of hydrogen-bond acceptors (Lipinski definition) is 3. The minimum atomic E-state index is -4.65. The Kier molecular flexibility index (Phi) is 4.81. The van der Waals surface area contributed by atoms with Gasteiger partial charge in [-0.05, 0) is 17.7 Å². The molecule has 0 radical (unpaired) electrons. The van der Waals surface area contributed by atoms with Crippen molar-refractivity contribution < 1.29 is 18.0 Å². The van der Waals surface area contributed by atoms with Gasteiger partial charge >= 0.3 is 6.18 Å². The van der Waals surface area contributed by atoms with Gasteiger partial charge in [-0.15, -0.1) is 0 Å². The Morgan fingerprint density at radius 3 is 2.55 bits per heavy atom. The number of benzene rings is 1. The van der Waals surface area contributed by atoms with Gasteiger partial charge in [-0.1, -0.05) is 30.3 Å². The molecule has 0 saturated carbocycles. The minimum absolute atomic E-state index is 0.0862. The van der Waals surface area contributed by atoms with Crippen LogP contribution in [0.4, 0.5) is 13.2 Å². The molecular weight excluding hydrogens is 313 g/mol. The first kappa shape index (κ1) is 16.4. The SMILES string of the molecule is N#C[C@@]1(NC(=O)/C=C(/c2ccccc2)C(F)(F)F)CCSC1. The molecule has 0 aliphatic carbocycles. The van der Waals surface area contributed by atoms with E-state index in [1.807, 2.05) is 6.07 Å². The number of nitriles is 1. The molecule has 116 valence electrons. The molecule has 0 bridgehead atoms. The van der Waals surface area contributed by atoms with E-state index in [2.05, 4.69) is 5.32 Å². The molecule has 3 nitrogen and oxygen atoms in total. The molecule has 1 atom stereocenters. The lowest BCUT2D eigenvalue weighted by Gasteiger charge is -2.20. The van der Waals surface area contributed by atoms with Crippen LogP contribution >= 0.6 is 11.8 Å². The van der Waals surface area contributed by atoms with E-state index in [9.17, 15) is 18.0 Å². The van der Waals surface area contributed by atoms with E-state index in [1.165, 1.54) is 36.0 Å². The zero-order valence-corrected chi connectivity index (χ0v) is 12.3. The molecule has 1 aromatic rings. The summed E-state index contributed by atoms with van der Waals surface area (Å²) < 4.78 is 39.4. The van der Waals surface area contributed by atoms with Gasteiger partial charge in [0.2, 0.25) is 5.91 Å². The van der Waals surface area contributed by atoms with Gasteiger partial charge in [0.25, 0.3) is 0 Å². The number of thioether (sulfide) groups is 1. The maximum atomic E-state index is 13.1. The van der Waals surface area contributed by atoms with Crippen molar-refractivity contribution in [1.29, 1.82) is 5.26 Å². The van der Waals surface area contributed by atoms with Crippen molar-refractivity contribution in [1.82, 2.24) is 5.32 Å². The van der Waals surface area contributed by atoms with Crippen molar-refractivity contribution in [2.24, 2.45) is 0 Å². The van der Waals surface area contributed by atoms with Crippen molar-refractivity contribution >= 4 is 23.2 Å². The summed E-state index contributed by atoms with van der Waals surface area (Å²) in [6.45, 7) is 0. The number of rotatable bonds is 3. The number of carbonyl (C=O) groups is 1. The first-order chi connectivity index (χ1) is 10.4. The fraction of sp³-hybridized carbons (Fsp3) is 0.333. The number of carbonyl (C=O) groups excluding carboxylic acids is 1. The van der Waals surface area contributed by atoms with Gasteiger partial charge in [-0.2, -0.15) is 30.2 Å². The maximum Gasteiger partial charge on any atom is 0.417 e. The van der Waals surface area contributed by atoms with E-state index < -0.39 is 23.2 Å². The van der Waals surface area contributed by atoms with Crippen LogP contribution in [0.2, 0.25) is 0 Å². The zero-order chi connectivity index (χ0) is 16.2. The van der Waals surface area contributed by atoms with Crippen LogP contribution in [0.15, 0.2) is 36.4 Å². The molecule has 1 aliphatic rings. The molecule has 22 heavy (non-hydrogen) atoms. The molecular formula is C15H13F3N2OS. The van der Waals surface area contributed by atoms with Crippen LogP contribution in [-0.2, 0) is 4.79 Å². The standard InChI is InChI=1S/C15H13F3N2OS/c16-15(17,18)12(11-4-2-1-3-5-11)8-13(21)20-14(9-19)6-7-22-10-14/h1-5,8H,6-7,10H2,(H,20,21)/b12-8-/t14-/m0/s1. The Labute approximate surface area is 130 Å². The van der Waals surface area contributed by atoms with E-state index in [4.69, 9.17) is 5.26 Å². The monoisotopic (exact) mass is 326 g/mol. The van der Waals surface area contributed by atoms with E-state index >= 15 is 0 Å².